The SMILES string of the molecule is c1ccc(N(c2ccccc2)c2ccc3cc(-c4cc5c6ccccc6c(-c6ccc(C7(c8ccccc8)c8ccccc8-c8ccccc87)cc6)cc5c5ccccc45)ccc3c2)cc1. The van der Waals surface area contributed by atoms with Crippen molar-refractivity contribution in [3.05, 3.63) is 283 Å². The van der Waals surface area contributed by atoms with Gasteiger partial charge < -0.3 is 4.90 Å². The van der Waals surface area contributed by atoms with E-state index in [1.807, 2.05) is 0 Å². The Morgan fingerprint density at radius 3 is 1.24 bits per heavy atom. The summed E-state index contributed by atoms with van der Waals surface area (Å²) in [5.41, 5.74) is 15.7. The first-order valence-corrected chi connectivity index (χ1v) is 22.9. The number of hydrogen-bond acceptors (Lipinski definition) is 1. The fourth-order valence-corrected chi connectivity index (χ4v) is 11.2. The van der Waals surface area contributed by atoms with Crippen LogP contribution in [-0.2, 0) is 5.41 Å². The molecule has 0 unspecified atom stereocenters. The Kier molecular flexibility index (Phi) is 8.82. The number of benzene rings is 12. The number of nitrogens with zero attached hydrogens (tertiary/aromatic N) is 1. The summed E-state index contributed by atoms with van der Waals surface area (Å²) >= 11 is 0. The van der Waals surface area contributed by atoms with E-state index in [0.29, 0.717) is 0 Å². The van der Waals surface area contributed by atoms with Crippen LogP contribution in [-0.4, -0.2) is 0 Å². The third-order valence-electron chi connectivity index (χ3n) is 14.1. The van der Waals surface area contributed by atoms with E-state index < -0.39 is 5.41 Å². The monoisotopic (exact) mass is 837 g/mol. The van der Waals surface area contributed by atoms with Crippen LogP contribution in [0.25, 0.3) is 76.5 Å². The van der Waals surface area contributed by atoms with E-state index in [9.17, 15) is 0 Å². The maximum atomic E-state index is 2.44. The summed E-state index contributed by atoms with van der Waals surface area (Å²) in [6.45, 7) is 0. The number of anilines is 3. The Balaban J connectivity index is 0.941. The minimum atomic E-state index is -0.430. The lowest BCUT2D eigenvalue weighted by Crippen LogP contribution is -2.28. The van der Waals surface area contributed by atoms with E-state index in [-0.39, 0.29) is 0 Å². The van der Waals surface area contributed by atoms with Gasteiger partial charge in [0.2, 0.25) is 0 Å². The molecule has 0 atom stereocenters. The Bertz CT molecular complexity index is 3710. The first kappa shape index (κ1) is 38.0. The summed E-state index contributed by atoms with van der Waals surface area (Å²) in [6, 6.07) is 96.3. The molecule has 0 amide bonds. The van der Waals surface area contributed by atoms with Crippen LogP contribution in [0.2, 0.25) is 0 Å². The van der Waals surface area contributed by atoms with Crippen molar-refractivity contribution in [2.24, 2.45) is 0 Å². The maximum absolute atomic E-state index is 2.44. The number of hydrogen-bond donors (Lipinski definition) is 0. The number of rotatable bonds is 7. The van der Waals surface area contributed by atoms with Crippen LogP contribution in [0, 0.1) is 0 Å². The summed E-state index contributed by atoms with van der Waals surface area (Å²) in [7, 11) is 0. The van der Waals surface area contributed by atoms with E-state index in [0.717, 1.165) is 17.1 Å². The van der Waals surface area contributed by atoms with E-state index in [2.05, 4.69) is 266 Å². The summed E-state index contributed by atoms with van der Waals surface area (Å²) < 4.78 is 0. The van der Waals surface area contributed by atoms with Crippen molar-refractivity contribution in [1.29, 1.82) is 0 Å². The Labute approximate surface area is 385 Å². The van der Waals surface area contributed by atoms with Gasteiger partial charge in [-0.15, -0.1) is 0 Å². The minimum Gasteiger partial charge on any atom is -0.310 e. The molecule has 0 saturated carbocycles. The predicted octanol–water partition coefficient (Wildman–Crippen LogP) is 17.5. The topological polar surface area (TPSA) is 3.24 Å². The van der Waals surface area contributed by atoms with Gasteiger partial charge in [0.1, 0.15) is 0 Å². The predicted molar refractivity (Wildman–Crippen MR) is 279 cm³/mol. The molecule has 1 aliphatic rings. The Hall–Kier alpha value is -8.52. The maximum Gasteiger partial charge on any atom is 0.0713 e. The molecule has 1 heteroatoms. The van der Waals surface area contributed by atoms with Gasteiger partial charge in [0.05, 0.1) is 5.41 Å². The van der Waals surface area contributed by atoms with Crippen LogP contribution in [0.4, 0.5) is 17.1 Å². The largest absolute Gasteiger partial charge is 0.310 e. The molecule has 0 aliphatic heterocycles. The molecule has 0 aromatic heterocycles. The second-order valence-electron chi connectivity index (χ2n) is 17.6. The van der Waals surface area contributed by atoms with Crippen molar-refractivity contribution < 1.29 is 0 Å². The minimum absolute atomic E-state index is 0.430. The highest BCUT2D eigenvalue weighted by molar-refractivity contribution is 6.24. The van der Waals surface area contributed by atoms with Gasteiger partial charge in [0, 0.05) is 17.1 Å². The average molecular weight is 838 g/mol. The molecule has 12 aromatic carbocycles. The molecular formula is C65H43N. The van der Waals surface area contributed by atoms with Crippen molar-refractivity contribution in [2.75, 3.05) is 4.90 Å². The molecule has 1 aliphatic carbocycles. The molecule has 0 radical (unpaired) electrons. The quantitative estimate of drug-likeness (QED) is 0.145. The van der Waals surface area contributed by atoms with Crippen molar-refractivity contribution >= 4 is 60.2 Å². The normalized spacial score (nSPS) is 12.7. The summed E-state index contributed by atoms with van der Waals surface area (Å²) in [4.78, 5) is 2.33. The van der Waals surface area contributed by atoms with Crippen molar-refractivity contribution in [3.8, 4) is 33.4 Å². The fourth-order valence-electron chi connectivity index (χ4n) is 11.2. The summed E-state index contributed by atoms with van der Waals surface area (Å²) in [5, 5.41) is 9.96. The molecule has 12 aromatic rings. The van der Waals surface area contributed by atoms with Gasteiger partial charge in [-0.3, -0.25) is 0 Å². The number of para-hydroxylation sites is 2. The molecule has 1 nitrogen and oxygen atoms in total. The second kappa shape index (κ2) is 15.3. The fraction of sp³-hybridized carbons (Fsp3) is 0.0154. The lowest BCUT2D eigenvalue weighted by atomic mass is 9.67. The van der Waals surface area contributed by atoms with Crippen LogP contribution >= 0.6 is 0 Å². The van der Waals surface area contributed by atoms with Crippen LogP contribution in [0.5, 0.6) is 0 Å². The average Bonchev–Trinajstić information content (AvgIpc) is 3.70. The molecule has 0 bridgehead atoms. The molecule has 308 valence electrons. The Morgan fingerprint density at radius 2 is 0.667 bits per heavy atom. The van der Waals surface area contributed by atoms with Crippen molar-refractivity contribution in [3.63, 3.8) is 0 Å². The van der Waals surface area contributed by atoms with Gasteiger partial charge >= 0.3 is 0 Å². The molecule has 0 saturated heterocycles. The molecule has 0 fully saturated rings. The smallest absolute Gasteiger partial charge is 0.0713 e. The highest BCUT2D eigenvalue weighted by Crippen LogP contribution is 2.56. The van der Waals surface area contributed by atoms with E-state index in [4.69, 9.17) is 0 Å². The standard InChI is InChI=1S/C65H43N/c1-4-18-48(19-5-1)65(63-30-16-14-28-57(63)58-29-15-17-31-64(58)65)49-37-34-44(35-38-49)59-42-61-56-27-13-11-25-54(56)60(43-62(61)55-26-12-10-24-53(55)59)47-33-32-46-41-52(39-36-45(46)40-47)66(50-20-6-2-7-21-50)51-22-8-3-9-23-51/h1-43H. The zero-order valence-electron chi connectivity index (χ0n) is 36.3. The second-order valence-corrected chi connectivity index (χ2v) is 17.6. The van der Waals surface area contributed by atoms with E-state index in [1.165, 1.54) is 98.7 Å². The van der Waals surface area contributed by atoms with Crippen LogP contribution in [0.15, 0.2) is 261 Å². The highest BCUT2D eigenvalue weighted by Gasteiger charge is 2.45. The molecular weight excluding hydrogens is 795 g/mol. The third kappa shape index (κ3) is 5.87. The first-order valence-electron chi connectivity index (χ1n) is 22.9. The summed E-state index contributed by atoms with van der Waals surface area (Å²) in [5.74, 6) is 0. The molecule has 0 heterocycles. The van der Waals surface area contributed by atoms with Gasteiger partial charge in [-0.05, 0) is 153 Å². The molecule has 13 rings (SSSR count). The zero-order chi connectivity index (χ0) is 43.6. The van der Waals surface area contributed by atoms with Crippen LogP contribution in [0.3, 0.4) is 0 Å². The molecule has 0 N–H and O–H groups in total. The van der Waals surface area contributed by atoms with Gasteiger partial charge in [-0.2, -0.15) is 0 Å². The van der Waals surface area contributed by atoms with Crippen LogP contribution < -0.4 is 4.90 Å². The lowest BCUT2D eigenvalue weighted by molar-refractivity contribution is 0.768. The Morgan fingerprint density at radius 1 is 0.242 bits per heavy atom. The first-order chi connectivity index (χ1) is 32.7. The molecule has 0 spiro atoms. The van der Waals surface area contributed by atoms with E-state index >= 15 is 0 Å². The van der Waals surface area contributed by atoms with E-state index in [1.54, 1.807) is 0 Å². The van der Waals surface area contributed by atoms with Gasteiger partial charge in [-0.1, -0.05) is 206 Å². The van der Waals surface area contributed by atoms with Gasteiger partial charge in [0.25, 0.3) is 0 Å². The van der Waals surface area contributed by atoms with Gasteiger partial charge in [0.15, 0.2) is 0 Å². The van der Waals surface area contributed by atoms with Gasteiger partial charge in [-0.25, -0.2) is 0 Å². The van der Waals surface area contributed by atoms with Crippen molar-refractivity contribution in [2.45, 2.75) is 5.41 Å². The summed E-state index contributed by atoms with van der Waals surface area (Å²) in [6.07, 6.45) is 0. The lowest BCUT2D eigenvalue weighted by Gasteiger charge is -2.34. The number of fused-ring (bicyclic) bond motifs is 9. The highest BCUT2D eigenvalue weighted by atomic mass is 15.1. The van der Waals surface area contributed by atoms with Crippen LogP contribution in [0.1, 0.15) is 22.3 Å². The zero-order valence-corrected chi connectivity index (χ0v) is 36.3. The third-order valence-corrected chi connectivity index (χ3v) is 14.1. The van der Waals surface area contributed by atoms with Crippen molar-refractivity contribution in [1.82, 2.24) is 0 Å². The molecule has 66 heavy (non-hydrogen) atoms.